The molecule has 1 saturated heterocycles. The second-order valence-corrected chi connectivity index (χ2v) is 10.6. The average Bonchev–Trinajstić information content (AvgIpc) is 2.76. The molecule has 0 unspecified atom stereocenters. The van der Waals surface area contributed by atoms with Crippen LogP contribution in [0, 0.1) is 6.92 Å². The summed E-state index contributed by atoms with van der Waals surface area (Å²) in [6.45, 7) is 2.41. The molecule has 1 aliphatic rings. The Bertz CT molecular complexity index is 652. The summed E-state index contributed by atoms with van der Waals surface area (Å²) in [5.41, 5.74) is 0. The molecule has 108 valence electrons. The molecule has 1 fully saturated rings. The third-order valence-electron chi connectivity index (χ3n) is 3.32. The number of nitrogens with zero attached hydrogens (tertiary/aromatic N) is 1. The Kier molecular flexibility index (Phi) is 4.06. The topological polar surface area (TPSA) is 71.5 Å². The summed E-state index contributed by atoms with van der Waals surface area (Å²) in [5, 5.41) is -0.413. The van der Waals surface area contributed by atoms with Crippen LogP contribution >= 0.6 is 11.3 Å². The summed E-state index contributed by atoms with van der Waals surface area (Å²) in [7, 11) is -6.53. The molecule has 5 nitrogen and oxygen atoms in total. The second kappa shape index (κ2) is 5.16. The first-order valence-electron chi connectivity index (χ1n) is 5.97. The maximum absolute atomic E-state index is 12.3. The Labute approximate surface area is 118 Å². The number of thiophene rings is 1. The molecule has 2 rings (SSSR count). The van der Waals surface area contributed by atoms with Crippen molar-refractivity contribution in [2.75, 3.05) is 19.3 Å². The second-order valence-electron chi connectivity index (χ2n) is 4.80. The van der Waals surface area contributed by atoms with Gasteiger partial charge < -0.3 is 0 Å². The first-order valence-corrected chi connectivity index (χ1v) is 10.2. The molecular formula is C11H17NO4S3. The van der Waals surface area contributed by atoms with Crippen LogP contribution in [0.2, 0.25) is 0 Å². The normalized spacial score (nSPS) is 19.7. The molecule has 0 aromatic carbocycles. The van der Waals surface area contributed by atoms with E-state index >= 15 is 0 Å². The van der Waals surface area contributed by atoms with Gasteiger partial charge in [-0.1, -0.05) is 0 Å². The highest BCUT2D eigenvalue weighted by atomic mass is 32.2. The third-order valence-corrected chi connectivity index (χ3v) is 8.37. The number of sulfonamides is 1. The van der Waals surface area contributed by atoms with Gasteiger partial charge in [0.1, 0.15) is 14.0 Å². The minimum absolute atomic E-state index is 0.275. The number of aryl methyl sites for hydroxylation is 1. The standard InChI is InChI=1S/C11H17NO4S3/c1-9-3-4-11(17-9)19(15,16)12-7-5-10(6-8-12)18(2,13)14/h3-4,10H,5-8H2,1-2H3. The minimum atomic E-state index is -3.45. The molecular weight excluding hydrogens is 306 g/mol. The summed E-state index contributed by atoms with van der Waals surface area (Å²) in [4.78, 5) is 0.949. The van der Waals surface area contributed by atoms with Crippen molar-refractivity contribution in [2.24, 2.45) is 0 Å². The van der Waals surface area contributed by atoms with E-state index < -0.39 is 25.1 Å². The van der Waals surface area contributed by atoms with E-state index in [1.807, 2.05) is 6.92 Å². The Morgan fingerprint density at radius 2 is 1.74 bits per heavy atom. The average molecular weight is 323 g/mol. The van der Waals surface area contributed by atoms with Crippen LogP contribution in [0.25, 0.3) is 0 Å². The minimum Gasteiger partial charge on any atom is -0.229 e. The highest BCUT2D eigenvalue weighted by Crippen LogP contribution is 2.27. The first-order chi connectivity index (χ1) is 8.71. The quantitative estimate of drug-likeness (QED) is 0.839. The van der Waals surface area contributed by atoms with Crippen LogP contribution in [0.1, 0.15) is 17.7 Å². The number of piperidine rings is 1. The van der Waals surface area contributed by atoms with Gasteiger partial charge in [0.15, 0.2) is 0 Å². The summed E-state index contributed by atoms with van der Waals surface area (Å²) >= 11 is 1.25. The molecule has 1 aliphatic heterocycles. The van der Waals surface area contributed by atoms with Crippen LogP contribution in [0.4, 0.5) is 0 Å². The summed E-state index contributed by atoms with van der Waals surface area (Å²) in [5.74, 6) is 0. The number of hydrogen-bond donors (Lipinski definition) is 0. The van der Waals surface area contributed by atoms with Gasteiger partial charge in [0, 0.05) is 24.2 Å². The number of sulfone groups is 1. The van der Waals surface area contributed by atoms with Gasteiger partial charge in [-0.25, -0.2) is 16.8 Å². The molecule has 1 aromatic heterocycles. The summed E-state index contributed by atoms with van der Waals surface area (Å²) in [6.07, 6.45) is 1.97. The molecule has 8 heteroatoms. The SMILES string of the molecule is Cc1ccc(S(=O)(=O)N2CCC(S(C)(=O)=O)CC2)s1. The van der Waals surface area contributed by atoms with Gasteiger partial charge in [-0.15, -0.1) is 11.3 Å². The van der Waals surface area contributed by atoms with Crippen molar-refractivity contribution >= 4 is 31.2 Å². The van der Waals surface area contributed by atoms with E-state index in [1.165, 1.54) is 21.9 Å². The van der Waals surface area contributed by atoms with E-state index in [-0.39, 0.29) is 13.1 Å². The van der Waals surface area contributed by atoms with Crippen LogP contribution in [0.15, 0.2) is 16.3 Å². The maximum Gasteiger partial charge on any atom is 0.252 e. The highest BCUT2D eigenvalue weighted by molar-refractivity contribution is 7.91. The molecule has 0 amide bonds. The van der Waals surface area contributed by atoms with Crippen LogP contribution in [0.5, 0.6) is 0 Å². The van der Waals surface area contributed by atoms with Crippen molar-refractivity contribution in [1.82, 2.24) is 4.31 Å². The Morgan fingerprint density at radius 3 is 2.16 bits per heavy atom. The molecule has 0 aliphatic carbocycles. The van der Waals surface area contributed by atoms with Crippen LogP contribution in [-0.2, 0) is 19.9 Å². The molecule has 0 bridgehead atoms. The number of hydrogen-bond acceptors (Lipinski definition) is 5. The third kappa shape index (κ3) is 3.18. The Morgan fingerprint density at radius 1 is 1.16 bits per heavy atom. The molecule has 0 radical (unpaired) electrons. The molecule has 0 spiro atoms. The molecule has 19 heavy (non-hydrogen) atoms. The van der Waals surface area contributed by atoms with Gasteiger partial charge in [0.2, 0.25) is 0 Å². The predicted octanol–water partition coefficient (Wildman–Crippen LogP) is 1.25. The lowest BCUT2D eigenvalue weighted by Crippen LogP contribution is -2.41. The Hall–Kier alpha value is -0.440. The Balaban J connectivity index is 2.14. The lowest BCUT2D eigenvalue weighted by atomic mass is 10.2. The summed E-state index contributed by atoms with van der Waals surface area (Å²) in [6, 6.07) is 3.39. The largest absolute Gasteiger partial charge is 0.252 e. The van der Waals surface area contributed by atoms with Gasteiger partial charge >= 0.3 is 0 Å². The monoisotopic (exact) mass is 323 g/mol. The lowest BCUT2D eigenvalue weighted by molar-refractivity contribution is 0.347. The molecule has 0 N–H and O–H groups in total. The highest BCUT2D eigenvalue weighted by Gasteiger charge is 2.33. The van der Waals surface area contributed by atoms with E-state index in [4.69, 9.17) is 0 Å². The zero-order chi connectivity index (χ0) is 14.3. The summed E-state index contributed by atoms with van der Waals surface area (Å²) < 4.78 is 49.3. The van der Waals surface area contributed by atoms with Gasteiger partial charge in [0.25, 0.3) is 10.0 Å². The predicted molar refractivity (Wildman–Crippen MR) is 75.7 cm³/mol. The fraction of sp³-hybridized carbons (Fsp3) is 0.636. The zero-order valence-corrected chi connectivity index (χ0v) is 13.3. The molecule has 0 saturated carbocycles. The van der Waals surface area contributed by atoms with E-state index in [9.17, 15) is 16.8 Å². The van der Waals surface area contributed by atoms with Crippen molar-refractivity contribution in [3.05, 3.63) is 17.0 Å². The van der Waals surface area contributed by atoms with Crippen molar-refractivity contribution in [3.8, 4) is 0 Å². The van der Waals surface area contributed by atoms with Crippen molar-refractivity contribution in [2.45, 2.75) is 29.2 Å². The first kappa shape index (κ1) is 15.0. The van der Waals surface area contributed by atoms with E-state index in [2.05, 4.69) is 0 Å². The fourth-order valence-corrected chi connectivity index (χ4v) is 6.15. The van der Waals surface area contributed by atoms with Crippen LogP contribution in [0.3, 0.4) is 0 Å². The van der Waals surface area contributed by atoms with Gasteiger partial charge in [-0.2, -0.15) is 4.31 Å². The lowest BCUT2D eigenvalue weighted by Gasteiger charge is -2.29. The van der Waals surface area contributed by atoms with Gasteiger partial charge in [-0.05, 0) is 31.9 Å². The van der Waals surface area contributed by atoms with Gasteiger partial charge in [-0.3, -0.25) is 0 Å². The fourth-order valence-electron chi connectivity index (χ4n) is 2.18. The van der Waals surface area contributed by atoms with Crippen LogP contribution in [-0.4, -0.2) is 45.7 Å². The van der Waals surface area contributed by atoms with Crippen molar-refractivity contribution < 1.29 is 16.8 Å². The smallest absolute Gasteiger partial charge is 0.229 e. The van der Waals surface area contributed by atoms with E-state index in [1.54, 1.807) is 12.1 Å². The van der Waals surface area contributed by atoms with E-state index in [0.717, 1.165) is 4.88 Å². The number of rotatable bonds is 3. The van der Waals surface area contributed by atoms with Crippen molar-refractivity contribution in [3.63, 3.8) is 0 Å². The molecule has 0 atom stereocenters. The van der Waals surface area contributed by atoms with E-state index in [0.29, 0.717) is 17.1 Å². The molecule has 1 aromatic rings. The van der Waals surface area contributed by atoms with Gasteiger partial charge in [0.05, 0.1) is 5.25 Å². The van der Waals surface area contributed by atoms with Crippen LogP contribution < -0.4 is 0 Å². The van der Waals surface area contributed by atoms with Crippen molar-refractivity contribution in [1.29, 1.82) is 0 Å². The maximum atomic E-state index is 12.3. The zero-order valence-electron chi connectivity index (χ0n) is 10.9. The molecule has 2 heterocycles.